The second kappa shape index (κ2) is 1.79. The van der Waals surface area contributed by atoms with Crippen LogP contribution in [0.5, 0.6) is 0 Å². The Hall–Kier alpha value is -0.900. The molecule has 1 fully saturated rings. The first-order valence-corrected chi connectivity index (χ1v) is 3.40. The highest BCUT2D eigenvalue weighted by Gasteiger charge is 2.38. The molecule has 0 unspecified atom stereocenters. The zero-order chi connectivity index (χ0) is 7.03. The lowest BCUT2D eigenvalue weighted by Crippen LogP contribution is -2.27. The van der Waals surface area contributed by atoms with Crippen molar-refractivity contribution in [2.45, 2.75) is 24.9 Å². The molecule has 0 bridgehead atoms. The molecule has 0 amide bonds. The minimum absolute atomic E-state index is 0.0579. The second-order valence-electron chi connectivity index (χ2n) is 3.00. The summed E-state index contributed by atoms with van der Waals surface area (Å²) in [5, 5.41) is 7.38. The van der Waals surface area contributed by atoms with Crippen LogP contribution in [-0.4, -0.2) is 20.3 Å². The van der Waals surface area contributed by atoms with Crippen LogP contribution in [0.2, 0.25) is 0 Å². The minimum Gasteiger partial charge on any atom is -0.324 e. The van der Waals surface area contributed by atoms with Crippen molar-refractivity contribution in [2.24, 2.45) is 5.73 Å². The lowest BCUT2D eigenvalue weighted by molar-refractivity contribution is 0.541. The van der Waals surface area contributed by atoms with E-state index in [0.717, 1.165) is 19.4 Å². The Morgan fingerprint density at radius 3 is 2.50 bits per heavy atom. The summed E-state index contributed by atoms with van der Waals surface area (Å²) in [5.41, 5.74) is 5.92. The molecule has 54 valence electrons. The Balaban J connectivity index is 2.04. The van der Waals surface area contributed by atoms with Gasteiger partial charge in [0, 0.05) is 12.1 Å². The molecule has 1 saturated carbocycles. The summed E-state index contributed by atoms with van der Waals surface area (Å²) >= 11 is 0. The number of rotatable bonds is 2. The maximum absolute atomic E-state index is 5.86. The zero-order valence-corrected chi connectivity index (χ0v) is 5.70. The summed E-state index contributed by atoms with van der Waals surface area (Å²) in [6.45, 7) is 0.861. The molecular weight excluding hydrogens is 128 g/mol. The van der Waals surface area contributed by atoms with Gasteiger partial charge >= 0.3 is 0 Å². The predicted molar refractivity (Wildman–Crippen MR) is 36.2 cm³/mol. The molecule has 1 aromatic rings. The van der Waals surface area contributed by atoms with Gasteiger partial charge in [0.15, 0.2) is 0 Å². The summed E-state index contributed by atoms with van der Waals surface area (Å²) in [6, 6.07) is 0. The van der Waals surface area contributed by atoms with Gasteiger partial charge in [-0.05, 0) is 12.8 Å². The van der Waals surface area contributed by atoms with Gasteiger partial charge in [0.05, 0.1) is 0 Å². The van der Waals surface area contributed by atoms with Gasteiger partial charge in [0.25, 0.3) is 0 Å². The van der Waals surface area contributed by atoms with Gasteiger partial charge in [0.1, 0.15) is 12.7 Å². The molecule has 0 atom stereocenters. The van der Waals surface area contributed by atoms with Crippen LogP contribution in [0.3, 0.4) is 0 Å². The third kappa shape index (κ3) is 1.02. The van der Waals surface area contributed by atoms with E-state index >= 15 is 0 Å². The smallest absolute Gasteiger partial charge is 0.119 e. The average molecular weight is 138 g/mol. The molecule has 4 nitrogen and oxygen atoms in total. The fourth-order valence-corrected chi connectivity index (χ4v) is 0.986. The molecule has 0 saturated heterocycles. The van der Waals surface area contributed by atoms with Crippen molar-refractivity contribution in [1.29, 1.82) is 0 Å². The maximum Gasteiger partial charge on any atom is 0.119 e. The third-order valence-corrected chi connectivity index (χ3v) is 1.86. The van der Waals surface area contributed by atoms with Crippen molar-refractivity contribution in [3.8, 4) is 0 Å². The van der Waals surface area contributed by atoms with Crippen LogP contribution in [0.1, 0.15) is 12.8 Å². The molecular formula is C6H10N4. The summed E-state index contributed by atoms with van der Waals surface area (Å²) in [5.74, 6) is 0. The molecule has 1 aliphatic carbocycles. The minimum atomic E-state index is 0.0579. The molecule has 2 N–H and O–H groups in total. The van der Waals surface area contributed by atoms with Crippen molar-refractivity contribution in [3.63, 3.8) is 0 Å². The molecule has 0 aliphatic heterocycles. The van der Waals surface area contributed by atoms with E-state index in [1.54, 1.807) is 12.7 Å². The summed E-state index contributed by atoms with van der Waals surface area (Å²) in [6.07, 6.45) is 5.66. The molecule has 10 heavy (non-hydrogen) atoms. The van der Waals surface area contributed by atoms with E-state index in [4.69, 9.17) is 5.73 Å². The SMILES string of the molecule is NC1(Cn2cnnc2)CC1. The highest BCUT2D eigenvalue weighted by atomic mass is 15.2. The molecule has 1 heterocycles. The first kappa shape index (κ1) is 5.85. The van der Waals surface area contributed by atoms with Gasteiger partial charge < -0.3 is 10.3 Å². The normalized spacial score (nSPS) is 20.9. The van der Waals surface area contributed by atoms with Gasteiger partial charge in [-0.3, -0.25) is 0 Å². The number of nitrogens with zero attached hydrogens (tertiary/aromatic N) is 3. The predicted octanol–water partition coefficient (Wildman–Crippen LogP) is -0.231. The lowest BCUT2D eigenvalue weighted by Gasteiger charge is -2.06. The monoisotopic (exact) mass is 138 g/mol. The number of hydrogen-bond donors (Lipinski definition) is 1. The third-order valence-electron chi connectivity index (χ3n) is 1.86. The molecule has 0 aromatic carbocycles. The molecule has 4 heteroatoms. The van der Waals surface area contributed by atoms with Crippen LogP contribution in [-0.2, 0) is 6.54 Å². The van der Waals surface area contributed by atoms with E-state index in [1.807, 2.05) is 4.57 Å². The van der Waals surface area contributed by atoms with Gasteiger partial charge in [-0.25, -0.2) is 0 Å². The maximum atomic E-state index is 5.86. The van der Waals surface area contributed by atoms with E-state index in [2.05, 4.69) is 10.2 Å². The van der Waals surface area contributed by atoms with Crippen LogP contribution in [0.4, 0.5) is 0 Å². The first-order valence-electron chi connectivity index (χ1n) is 3.40. The van der Waals surface area contributed by atoms with E-state index < -0.39 is 0 Å². The van der Waals surface area contributed by atoms with Gasteiger partial charge in [-0.15, -0.1) is 10.2 Å². The fraction of sp³-hybridized carbons (Fsp3) is 0.667. The quantitative estimate of drug-likeness (QED) is 0.614. The van der Waals surface area contributed by atoms with E-state index in [1.165, 1.54) is 0 Å². The number of nitrogens with two attached hydrogens (primary N) is 1. The Labute approximate surface area is 59.1 Å². The number of hydrogen-bond acceptors (Lipinski definition) is 3. The van der Waals surface area contributed by atoms with Crippen LogP contribution in [0.15, 0.2) is 12.7 Å². The zero-order valence-electron chi connectivity index (χ0n) is 5.70. The summed E-state index contributed by atoms with van der Waals surface area (Å²) in [7, 11) is 0. The van der Waals surface area contributed by atoms with Crippen molar-refractivity contribution >= 4 is 0 Å². The molecule has 1 aliphatic rings. The van der Waals surface area contributed by atoms with Crippen molar-refractivity contribution in [1.82, 2.24) is 14.8 Å². The van der Waals surface area contributed by atoms with Crippen LogP contribution < -0.4 is 5.73 Å². The molecule has 2 rings (SSSR count). The standard InChI is InChI=1S/C6H10N4/c7-6(1-2-6)3-10-4-8-9-5-10/h4-5H,1-3,7H2. The van der Waals surface area contributed by atoms with E-state index in [-0.39, 0.29) is 5.54 Å². The number of aromatic nitrogens is 3. The van der Waals surface area contributed by atoms with Gasteiger partial charge in [-0.2, -0.15) is 0 Å². The average Bonchev–Trinajstić information content (AvgIpc) is 2.47. The van der Waals surface area contributed by atoms with Crippen LogP contribution >= 0.6 is 0 Å². The van der Waals surface area contributed by atoms with E-state index in [9.17, 15) is 0 Å². The van der Waals surface area contributed by atoms with Gasteiger partial charge in [0.2, 0.25) is 0 Å². The summed E-state index contributed by atoms with van der Waals surface area (Å²) < 4.78 is 1.92. The highest BCUT2D eigenvalue weighted by molar-refractivity contribution is 4.98. The lowest BCUT2D eigenvalue weighted by atomic mass is 10.3. The van der Waals surface area contributed by atoms with Crippen molar-refractivity contribution in [3.05, 3.63) is 12.7 Å². The Morgan fingerprint density at radius 2 is 2.00 bits per heavy atom. The highest BCUT2D eigenvalue weighted by Crippen LogP contribution is 2.33. The topological polar surface area (TPSA) is 56.7 Å². The largest absolute Gasteiger partial charge is 0.324 e. The van der Waals surface area contributed by atoms with Crippen LogP contribution in [0.25, 0.3) is 0 Å². The molecule has 1 aromatic heterocycles. The Morgan fingerprint density at radius 1 is 1.40 bits per heavy atom. The van der Waals surface area contributed by atoms with Crippen LogP contribution in [0, 0.1) is 0 Å². The van der Waals surface area contributed by atoms with Crippen molar-refractivity contribution < 1.29 is 0 Å². The Bertz CT molecular complexity index is 212. The molecule has 0 spiro atoms. The Kier molecular flexibility index (Phi) is 1.05. The summed E-state index contributed by atoms with van der Waals surface area (Å²) in [4.78, 5) is 0. The molecule has 0 radical (unpaired) electrons. The first-order chi connectivity index (χ1) is 4.79. The van der Waals surface area contributed by atoms with E-state index in [0.29, 0.717) is 0 Å². The van der Waals surface area contributed by atoms with Crippen molar-refractivity contribution in [2.75, 3.05) is 0 Å². The van der Waals surface area contributed by atoms with Gasteiger partial charge in [-0.1, -0.05) is 0 Å². The fourth-order valence-electron chi connectivity index (χ4n) is 0.986. The second-order valence-corrected chi connectivity index (χ2v) is 3.00.